The number of unbranched alkanes of at least 4 members (excludes halogenated alkanes) is 1. The van der Waals surface area contributed by atoms with E-state index < -0.39 is 12.0 Å². The van der Waals surface area contributed by atoms with Crippen LogP contribution in [0, 0.1) is 0 Å². The van der Waals surface area contributed by atoms with Gasteiger partial charge in [0.05, 0.1) is 12.8 Å². The van der Waals surface area contributed by atoms with Crippen LogP contribution in [-0.4, -0.2) is 34.6 Å². The summed E-state index contributed by atoms with van der Waals surface area (Å²) in [6.45, 7) is 4.63. The highest BCUT2D eigenvalue weighted by atomic mass is 16.4. The third kappa shape index (κ3) is 4.95. The molecule has 0 fully saturated rings. The zero-order valence-electron chi connectivity index (χ0n) is 12.0. The second-order valence-electron chi connectivity index (χ2n) is 4.58. The van der Waals surface area contributed by atoms with Crippen LogP contribution in [0.2, 0.25) is 0 Å². The maximum Gasteiger partial charge on any atom is 0.326 e. The number of rotatable bonds is 8. The van der Waals surface area contributed by atoms with Crippen molar-refractivity contribution in [2.24, 2.45) is 0 Å². The largest absolute Gasteiger partial charge is 0.480 e. The van der Waals surface area contributed by atoms with Crippen LogP contribution >= 0.6 is 0 Å². The maximum absolute atomic E-state index is 12.1. The number of amides is 2. The van der Waals surface area contributed by atoms with Crippen molar-refractivity contribution in [1.29, 1.82) is 0 Å². The monoisotopic (exact) mass is 282 g/mol. The van der Waals surface area contributed by atoms with E-state index in [9.17, 15) is 9.59 Å². The predicted molar refractivity (Wildman–Crippen MR) is 74.3 cm³/mol. The van der Waals surface area contributed by atoms with Crippen LogP contribution in [0.1, 0.15) is 38.9 Å². The first-order chi connectivity index (χ1) is 9.58. The normalized spacial score (nSPS) is 11.9. The summed E-state index contributed by atoms with van der Waals surface area (Å²) in [6, 6.07) is 2.31. The molecule has 0 spiro atoms. The maximum atomic E-state index is 12.1. The lowest BCUT2D eigenvalue weighted by atomic mass is 10.1. The fraction of sp³-hybridized carbons (Fsp3) is 0.571. The molecule has 112 valence electrons. The molecule has 0 saturated heterocycles. The third-order valence-electron chi connectivity index (χ3n) is 3.04. The number of hydrogen-bond acceptors (Lipinski definition) is 3. The van der Waals surface area contributed by atoms with Crippen molar-refractivity contribution in [3.8, 4) is 0 Å². The molecule has 0 saturated carbocycles. The number of urea groups is 1. The van der Waals surface area contributed by atoms with E-state index >= 15 is 0 Å². The highest BCUT2D eigenvalue weighted by Gasteiger charge is 2.22. The van der Waals surface area contributed by atoms with Gasteiger partial charge in [0.1, 0.15) is 11.8 Å². The molecule has 1 rings (SSSR count). The first-order valence-corrected chi connectivity index (χ1v) is 6.89. The number of nitrogens with zero attached hydrogens (tertiary/aromatic N) is 1. The zero-order valence-corrected chi connectivity index (χ0v) is 12.0. The number of hydrogen-bond donors (Lipinski definition) is 2. The van der Waals surface area contributed by atoms with Gasteiger partial charge in [0.2, 0.25) is 0 Å². The molecule has 0 aliphatic rings. The van der Waals surface area contributed by atoms with Gasteiger partial charge in [-0.25, -0.2) is 9.59 Å². The number of nitrogens with one attached hydrogen (secondary N) is 1. The summed E-state index contributed by atoms with van der Waals surface area (Å²) >= 11 is 0. The Morgan fingerprint density at radius 2 is 2.20 bits per heavy atom. The number of carboxylic acid groups (broad SMARTS) is 1. The van der Waals surface area contributed by atoms with Crippen LogP contribution in [0.5, 0.6) is 0 Å². The Morgan fingerprint density at radius 3 is 2.70 bits per heavy atom. The van der Waals surface area contributed by atoms with E-state index in [4.69, 9.17) is 9.52 Å². The van der Waals surface area contributed by atoms with Gasteiger partial charge in [-0.3, -0.25) is 0 Å². The van der Waals surface area contributed by atoms with Gasteiger partial charge in [-0.1, -0.05) is 19.8 Å². The molecule has 0 aliphatic carbocycles. The fourth-order valence-electron chi connectivity index (χ4n) is 1.82. The lowest BCUT2D eigenvalue weighted by Gasteiger charge is -2.23. The SMILES string of the molecule is CCCCC(NC(=O)N(CC)Cc1ccco1)C(=O)O. The molecule has 2 amide bonds. The minimum absolute atomic E-state index is 0.329. The molecule has 1 atom stereocenters. The molecule has 1 aromatic rings. The number of carbonyl (C=O) groups excluding carboxylic acids is 1. The molecule has 1 unspecified atom stereocenters. The molecule has 20 heavy (non-hydrogen) atoms. The minimum atomic E-state index is -0.999. The van der Waals surface area contributed by atoms with Gasteiger partial charge in [-0.05, 0) is 25.5 Å². The van der Waals surface area contributed by atoms with Gasteiger partial charge >= 0.3 is 12.0 Å². The summed E-state index contributed by atoms with van der Waals surface area (Å²) in [5.74, 6) is -0.330. The summed E-state index contributed by atoms with van der Waals surface area (Å²) in [6.07, 6.45) is 3.64. The second-order valence-corrected chi connectivity index (χ2v) is 4.58. The Bertz CT molecular complexity index is 417. The van der Waals surface area contributed by atoms with Crippen LogP contribution in [0.25, 0.3) is 0 Å². The summed E-state index contributed by atoms with van der Waals surface area (Å²) in [7, 11) is 0. The number of carbonyl (C=O) groups is 2. The average molecular weight is 282 g/mol. The van der Waals surface area contributed by atoms with Crippen LogP contribution < -0.4 is 5.32 Å². The lowest BCUT2D eigenvalue weighted by molar-refractivity contribution is -0.139. The second kappa shape index (κ2) is 8.24. The van der Waals surface area contributed by atoms with Gasteiger partial charge in [-0.2, -0.15) is 0 Å². The van der Waals surface area contributed by atoms with E-state index in [-0.39, 0.29) is 6.03 Å². The molecule has 2 N–H and O–H groups in total. The third-order valence-corrected chi connectivity index (χ3v) is 3.04. The van der Waals surface area contributed by atoms with E-state index in [2.05, 4.69) is 5.32 Å². The Kier molecular flexibility index (Phi) is 6.63. The number of carboxylic acids is 1. The van der Waals surface area contributed by atoms with Gasteiger partial charge in [0.25, 0.3) is 0 Å². The van der Waals surface area contributed by atoms with Gasteiger partial charge in [-0.15, -0.1) is 0 Å². The molecule has 1 aromatic heterocycles. The Balaban J connectivity index is 2.58. The molecule has 6 nitrogen and oxygen atoms in total. The number of furan rings is 1. The van der Waals surface area contributed by atoms with Crippen molar-refractivity contribution in [3.63, 3.8) is 0 Å². The van der Waals surface area contributed by atoms with Crippen LogP contribution in [0.3, 0.4) is 0 Å². The fourth-order valence-corrected chi connectivity index (χ4v) is 1.82. The molecule has 0 aliphatic heterocycles. The summed E-state index contributed by atoms with van der Waals surface area (Å²) in [5.41, 5.74) is 0. The predicted octanol–water partition coefficient (Wildman–Crippen LogP) is 2.45. The first kappa shape index (κ1) is 16.1. The molecular formula is C14H22N2O4. The topological polar surface area (TPSA) is 82.8 Å². The van der Waals surface area contributed by atoms with Crippen LogP contribution in [-0.2, 0) is 11.3 Å². The summed E-state index contributed by atoms with van der Waals surface area (Å²) in [5, 5.41) is 11.7. The standard InChI is InChI=1S/C14H22N2O4/c1-3-5-8-12(13(17)18)15-14(19)16(4-2)10-11-7-6-9-20-11/h6-7,9,12H,3-5,8,10H2,1-2H3,(H,15,19)(H,17,18). The Morgan fingerprint density at radius 1 is 1.45 bits per heavy atom. The highest BCUT2D eigenvalue weighted by molar-refractivity contribution is 5.82. The molecule has 0 bridgehead atoms. The van der Waals surface area contributed by atoms with Crippen LogP contribution in [0.4, 0.5) is 4.79 Å². The van der Waals surface area contributed by atoms with Crippen molar-refractivity contribution >= 4 is 12.0 Å². The molecule has 0 radical (unpaired) electrons. The van der Waals surface area contributed by atoms with E-state index in [1.165, 1.54) is 4.90 Å². The van der Waals surface area contributed by atoms with E-state index in [0.29, 0.717) is 25.3 Å². The van der Waals surface area contributed by atoms with Crippen molar-refractivity contribution in [2.75, 3.05) is 6.54 Å². The van der Waals surface area contributed by atoms with Crippen molar-refractivity contribution < 1.29 is 19.1 Å². The molecule has 1 heterocycles. The Labute approximate surface area is 118 Å². The summed E-state index contributed by atoms with van der Waals surface area (Å²) in [4.78, 5) is 24.7. The summed E-state index contributed by atoms with van der Waals surface area (Å²) < 4.78 is 5.20. The molecule has 0 aromatic carbocycles. The van der Waals surface area contributed by atoms with Gasteiger partial charge in [0, 0.05) is 6.54 Å². The van der Waals surface area contributed by atoms with Gasteiger partial charge < -0.3 is 19.7 Å². The first-order valence-electron chi connectivity index (χ1n) is 6.89. The highest BCUT2D eigenvalue weighted by Crippen LogP contribution is 2.07. The van der Waals surface area contributed by atoms with Crippen molar-refractivity contribution in [1.82, 2.24) is 10.2 Å². The van der Waals surface area contributed by atoms with Crippen molar-refractivity contribution in [3.05, 3.63) is 24.2 Å². The van der Waals surface area contributed by atoms with Crippen molar-refractivity contribution in [2.45, 2.75) is 45.7 Å². The molecular weight excluding hydrogens is 260 g/mol. The number of aliphatic carboxylic acids is 1. The lowest BCUT2D eigenvalue weighted by Crippen LogP contribution is -2.47. The Hall–Kier alpha value is -1.98. The quantitative estimate of drug-likeness (QED) is 0.767. The molecule has 6 heteroatoms. The van der Waals surface area contributed by atoms with E-state index in [0.717, 1.165) is 12.8 Å². The van der Waals surface area contributed by atoms with Gasteiger partial charge in [0.15, 0.2) is 0 Å². The van der Waals surface area contributed by atoms with E-state index in [1.54, 1.807) is 18.4 Å². The smallest absolute Gasteiger partial charge is 0.326 e. The average Bonchev–Trinajstić information content (AvgIpc) is 2.93. The minimum Gasteiger partial charge on any atom is -0.480 e. The zero-order chi connectivity index (χ0) is 15.0. The van der Waals surface area contributed by atoms with Crippen LogP contribution in [0.15, 0.2) is 22.8 Å². The van der Waals surface area contributed by atoms with E-state index in [1.807, 2.05) is 13.8 Å².